The third-order valence-corrected chi connectivity index (χ3v) is 4.97. The molecule has 5 heteroatoms. The number of benzene rings is 2. The molecule has 0 aliphatic carbocycles. The maximum atomic E-state index is 12.4. The molecule has 0 saturated heterocycles. The number of pyridine rings is 1. The summed E-state index contributed by atoms with van der Waals surface area (Å²) in [5, 5.41) is 16.6. The first kappa shape index (κ1) is 16.5. The molecule has 0 aliphatic heterocycles. The smallest absolute Gasteiger partial charge is 0.251 e. The maximum absolute atomic E-state index is 12.4. The van der Waals surface area contributed by atoms with Crippen molar-refractivity contribution in [3.63, 3.8) is 0 Å². The van der Waals surface area contributed by atoms with Crippen LogP contribution in [-0.4, -0.2) is 33.2 Å². The van der Waals surface area contributed by atoms with Crippen LogP contribution in [-0.2, 0) is 7.05 Å². The summed E-state index contributed by atoms with van der Waals surface area (Å²) in [5.74, 6) is -0.177. The highest BCUT2D eigenvalue weighted by Crippen LogP contribution is 2.35. The average molecular weight is 347 g/mol. The fourth-order valence-electron chi connectivity index (χ4n) is 3.70. The third kappa shape index (κ3) is 2.52. The van der Waals surface area contributed by atoms with E-state index in [1.807, 2.05) is 36.7 Å². The number of aryl methyl sites for hydroxylation is 2. The van der Waals surface area contributed by atoms with E-state index in [1.165, 1.54) is 16.5 Å². The number of nitrogens with one attached hydrogen (secondary N) is 1. The Labute approximate surface area is 151 Å². The first-order chi connectivity index (χ1) is 12.5. The van der Waals surface area contributed by atoms with Gasteiger partial charge < -0.3 is 15.0 Å². The molecule has 1 unspecified atom stereocenters. The van der Waals surface area contributed by atoms with Gasteiger partial charge in [-0.1, -0.05) is 0 Å². The molecular weight excluding hydrogens is 326 g/mol. The van der Waals surface area contributed by atoms with E-state index in [1.54, 1.807) is 6.92 Å². The van der Waals surface area contributed by atoms with Gasteiger partial charge >= 0.3 is 0 Å². The summed E-state index contributed by atoms with van der Waals surface area (Å²) in [7, 11) is 2.05. The van der Waals surface area contributed by atoms with Crippen LogP contribution < -0.4 is 5.32 Å². The largest absolute Gasteiger partial charge is 0.392 e. The number of carbonyl (C=O) groups excluding carboxylic acids is 1. The summed E-state index contributed by atoms with van der Waals surface area (Å²) in [6, 6.07) is 9.92. The van der Waals surface area contributed by atoms with Crippen molar-refractivity contribution in [2.75, 3.05) is 6.54 Å². The van der Waals surface area contributed by atoms with Crippen molar-refractivity contribution in [2.24, 2.45) is 7.05 Å². The number of carbonyl (C=O) groups is 1. The van der Waals surface area contributed by atoms with Gasteiger partial charge in [-0.15, -0.1) is 0 Å². The van der Waals surface area contributed by atoms with Gasteiger partial charge in [-0.25, -0.2) is 0 Å². The minimum absolute atomic E-state index is 0.177. The summed E-state index contributed by atoms with van der Waals surface area (Å²) < 4.78 is 2.18. The highest BCUT2D eigenvalue weighted by Gasteiger charge is 2.15. The van der Waals surface area contributed by atoms with Crippen molar-refractivity contribution in [3.8, 4) is 0 Å². The molecule has 0 radical (unpaired) electrons. The van der Waals surface area contributed by atoms with Crippen molar-refractivity contribution in [1.29, 1.82) is 0 Å². The van der Waals surface area contributed by atoms with Gasteiger partial charge in [-0.2, -0.15) is 0 Å². The van der Waals surface area contributed by atoms with E-state index >= 15 is 0 Å². The molecule has 0 spiro atoms. The van der Waals surface area contributed by atoms with Gasteiger partial charge in [0, 0.05) is 53.2 Å². The highest BCUT2D eigenvalue weighted by molar-refractivity contribution is 6.15. The molecule has 0 aliphatic rings. The van der Waals surface area contributed by atoms with Crippen LogP contribution >= 0.6 is 0 Å². The van der Waals surface area contributed by atoms with Gasteiger partial charge in [-0.3, -0.25) is 9.78 Å². The quantitative estimate of drug-likeness (QED) is 0.597. The lowest BCUT2D eigenvalue weighted by Crippen LogP contribution is -2.30. The molecule has 0 saturated carbocycles. The minimum atomic E-state index is -0.568. The van der Waals surface area contributed by atoms with Crippen LogP contribution in [0, 0.1) is 6.92 Å². The van der Waals surface area contributed by atoms with Crippen molar-refractivity contribution in [1.82, 2.24) is 14.9 Å². The van der Waals surface area contributed by atoms with Crippen LogP contribution in [0.5, 0.6) is 0 Å². The molecule has 2 N–H and O–H groups in total. The SMILES string of the molecule is Cc1c2ccncc2cc2c3cc(C(=O)NCC(C)O)ccc3n(C)c12. The molecule has 4 rings (SSSR count). The van der Waals surface area contributed by atoms with Crippen LogP contribution in [0.3, 0.4) is 0 Å². The number of hydrogen-bond acceptors (Lipinski definition) is 3. The molecule has 2 aromatic carbocycles. The van der Waals surface area contributed by atoms with E-state index in [0.29, 0.717) is 5.56 Å². The van der Waals surface area contributed by atoms with Gasteiger partial charge in [0.2, 0.25) is 0 Å². The number of nitrogens with zero attached hydrogens (tertiary/aromatic N) is 2. The summed E-state index contributed by atoms with van der Waals surface area (Å²) in [6.07, 6.45) is 3.12. The van der Waals surface area contributed by atoms with Gasteiger partial charge in [0.05, 0.1) is 11.6 Å². The molecule has 5 nitrogen and oxygen atoms in total. The Kier molecular flexibility index (Phi) is 3.89. The molecule has 132 valence electrons. The number of hydrogen-bond donors (Lipinski definition) is 2. The number of aliphatic hydroxyl groups is 1. The van der Waals surface area contributed by atoms with E-state index in [-0.39, 0.29) is 12.5 Å². The zero-order chi connectivity index (χ0) is 18.4. The van der Waals surface area contributed by atoms with E-state index < -0.39 is 6.10 Å². The third-order valence-electron chi connectivity index (χ3n) is 4.97. The number of amides is 1. The van der Waals surface area contributed by atoms with E-state index in [0.717, 1.165) is 21.7 Å². The lowest BCUT2D eigenvalue weighted by atomic mass is 10.0. The predicted octanol–water partition coefficient (Wildman–Crippen LogP) is 3.30. The molecule has 0 bridgehead atoms. The minimum Gasteiger partial charge on any atom is -0.392 e. The van der Waals surface area contributed by atoms with Gasteiger partial charge in [-0.05, 0) is 55.1 Å². The second kappa shape index (κ2) is 6.11. The lowest BCUT2D eigenvalue weighted by molar-refractivity contribution is 0.0924. The zero-order valence-electron chi connectivity index (χ0n) is 15.1. The lowest BCUT2D eigenvalue weighted by Gasteiger charge is -2.07. The van der Waals surface area contributed by atoms with Crippen molar-refractivity contribution in [3.05, 3.63) is 53.9 Å². The molecular formula is C21H21N3O2. The fourth-order valence-corrected chi connectivity index (χ4v) is 3.70. The van der Waals surface area contributed by atoms with Crippen molar-refractivity contribution < 1.29 is 9.90 Å². The molecule has 2 aromatic heterocycles. The zero-order valence-corrected chi connectivity index (χ0v) is 15.1. The fraction of sp³-hybridized carbons (Fsp3) is 0.238. The second-order valence-corrected chi connectivity index (χ2v) is 6.84. The Morgan fingerprint density at radius 2 is 2.04 bits per heavy atom. The number of aromatic nitrogens is 2. The Morgan fingerprint density at radius 3 is 2.81 bits per heavy atom. The van der Waals surface area contributed by atoms with Crippen LogP contribution in [0.4, 0.5) is 0 Å². The summed E-state index contributed by atoms with van der Waals surface area (Å²) in [4.78, 5) is 16.6. The summed E-state index contributed by atoms with van der Waals surface area (Å²) in [5.41, 5.74) is 4.05. The highest BCUT2D eigenvalue weighted by atomic mass is 16.3. The van der Waals surface area contributed by atoms with Crippen molar-refractivity contribution in [2.45, 2.75) is 20.0 Å². The van der Waals surface area contributed by atoms with Crippen molar-refractivity contribution >= 4 is 38.5 Å². The van der Waals surface area contributed by atoms with Crippen LogP contribution in [0.2, 0.25) is 0 Å². The predicted molar refractivity (Wildman–Crippen MR) is 104 cm³/mol. The van der Waals surface area contributed by atoms with Crippen LogP contribution in [0.25, 0.3) is 32.6 Å². The number of rotatable bonds is 3. The van der Waals surface area contributed by atoms with Gasteiger partial charge in [0.1, 0.15) is 0 Å². The number of fused-ring (bicyclic) bond motifs is 4. The first-order valence-corrected chi connectivity index (χ1v) is 8.69. The van der Waals surface area contributed by atoms with E-state index in [9.17, 15) is 9.90 Å². The molecule has 2 heterocycles. The van der Waals surface area contributed by atoms with E-state index in [4.69, 9.17) is 0 Å². The standard InChI is InChI=1S/C21H21N3O2/c1-12(25)10-23-21(26)14-4-5-19-17(8-14)18-9-15-11-22-7-6-16(15)13(2)20(18)24(19)3/h4-9,11-12,25H,10H2,1-3H3,(H,23,26). The molecule has 1 atom stereocenters. The first-order valence-electron chi connectivity index (χ1n) is 8.69. The maximum Gasteiger partial charge on any atom is 0.251 e. The van der Waals surface area contributed by atoms with Gasteiger partial charge in [0.25, 0.3) is 5.91 Å². The molecule has 4 aromatic rings. The average Bonchev–Trinajstić information content (AvgIpc) is 2.92. The van der Waals surface area contributed by atoms with Crippen LogP contribution in [0.1, 0.15) is 22.8 Å². The Morgan fingerprint density at radius 1 is 1.23 bits per heavy atom. The van der Waals surface area contributed by atoms with Crippen LogP contribution in [0.15, 0.2) is 42.7 Å². The molecule has 26 heavy (non-hydrogen) atoms. The molecule has 1 amide bonds. The Bertz CT molecular complexity index is 1160. The normalized spacial score (nSPS) is 12.8. The van der Waals surface area contributed by atoms with Gasteiger partial charge in [0.15, 0.2) is 0 Å². The monoisotopic (exact) mass is 347 g/mol. The second-order valence-electron chi connectivity index (χ2n) is 6.84. The van der Waals surface area contributed by atoms with E-state index in [2.05, 4.69) is 34.9 Å². The number of aliphatic hydroxyl groups excluding tert-OH is 1. The summed E-state index contributed by atoms with van der Waals surface area (Å²) in [6.45, 7) is 4.01. The topological polar surface area (TPSA) is 67.2 Å². The Balaban J connectivity index is 1.95. The summed E-state index contributed by atoms with van der Waals surface area (Å²) >= 11 is 0. The Hall–Kier alpha value is -2.92. The molecule has 0 fully saturated rings.